The van der Waals surface area contributed by atoms with Gasteiger partial charge < -0.3 is 20.5 Å². The van der Waals surface area contributed by atoms with Crippen molar-refractivity contribution in [2.75, 3.05) is 24.5 Å². The van der Waals surface area contributed by atoms with Gasteiger partial charge in [0.1, 0.15) is 5.56 Å². The third-order valence-electron chi connectivity index (χ3n) is 6.88. The number of nitrogens with zero attached hydrogens (tertiary/aromatic N) is 3. The molecule has 8 nitrogen and oxygen atoms in total. The number of carbonyl (C=O) groups is 1. The highest BCUT2D eigenvalue weighted by Crippen LogP contribution is 2.44. The summed E-state index contributed by atoms with van der Waals surface area (Å²) in [4.78, 5) is 30.5. The monoisotopic (exact) mass is 466 g/mol. The minimum absolute atomic E-state index is 0.0196. The van der Waals surface area contributed by atoms with Crippen LogP contribution in [0.4, 0.5) is 10.1 Å². The summed E-state index contributed by atoms with van der Waals surface area (Å²) in [5.74, 6) is -1.68. The Morgan fingerprint density at radius 2 is 2.15 bits per heavy atom. The highest BCUT2D eigenvalue weighted by molar-refractivity contribution is 5.89. The zero-order valence-corrected chi connectivity index (χ0v) is 18.9. The summed E-state index contributed by atoms with van der Waals surface area (Å²) in [6.45, 7) is 3.57. The van der Waals surface area contributed by atoms with Gasteiger partial charge >= 0.3 is 5.97 Å². The Kier molecular flexibility index (Phi) is 5.83. The van der Waals surface area contributed by atoms with Crippen LogP contribution in [0.5, 0.6) is 0 Å². The van der Waals surface area contributed by atoms with Crippen molar-refractivity contribution in [3.63, 3.8) is 0 Å². The van der Waals surface area contributed by atoms with E-state index in [1.807, 2.05) is 17.0 Å². The first-order chi connectivity index (χ1) is 16.4. The van der Waals surface area contributed by atoms with E-state index >= 15 is 4.39 Å². The molecule has 178 valence electrons. The van der Waals surface area contributed by atoms with Crippen molar-refractivity contribution in [1.29, 1.82) is 0 Å². The molecule has 9 heteroatoms. The number of anilines is 1. The lowest BCUT2D eigenvalue weighted by molar-refractivity contribution is 0.0285. The Balaban J connectivity index is 1.52. The SMILES string of the molecule is Cc1c(N2CC(CN)C(OCc3cccnc3)C2)c(F)cn2c(=O)c(C(=O)O)cc(C3CC3)c12. The minimum Gasteiger partial charge on any atom is -0.477 e. The zero-order chi connectivity index (χ0) is 24.0. The van der Waals surface area contributed by atoms with Crippen LogP contribution in [0.2, 0.25) is 0 Å². The molecule has 3 N–H and O–H groups in total. The third-order valence-corrected chi connectivity index (χ3v) is 6.88. The molecule has 5 rings (SSSR count). The number of halogens is 1. The molecular formula is C25H27FN4O4. The van der Waals surface area contributed by atoms with Gasteiger partial charge in [0.05, 0.1) is 30.1 Å². The van der Waals surface area contributed by atoms with Crippen LogP contribution in [0.1, 0.15) is 45.8 Å². The number of aromatic carboxylic acids is 1. The van der Waals surface area contributed by atoms with E-state index in [0.717, 1.165) is 34.6 Å². The second kappa shape index (κ2) is 8.81. The van der Waals surface area contributed by atoms with E-state index in [4.69, 9.17) is 10.5 Å². The van der Waals surface area contributed by atoms with Gasteiger partial charge in [-0.2, -0.15) is 0 Å². The van der Waals surface area contributed by atoms with Crippen LogP contribution in [0.3, 0.4) is 0 Å². The zero-order valence-electron chi connectivity index (χ0n) is 18.9. The average Bonchev–Trinajstić information content (AvgIpc) is 3.59. The molecule has 1 saturated heterocycles. The predicted molar refractivity (Wildman–Crippen MR) is 125 cm³/mol. The smallest absolute Gasteiger partial charge is 0.341 e. The topological polar surface area (TPSA) is 110 Å². The number of nitrogens with two attached hydrogens (primary N) is 1. The Bertz CT molecular complexity index is 1310. The Labute approximate surface area is 195 Å². The standard InChI is InChI=1S/C25H27FN4O4/c1-14-22-18(16-4-5-16)7-19(25(32)33)24(31)30(22)11-20(26)23(14)29-10-17(8-27)21(12-29)34-13-15-3-2-6-28-9-15/h2-3,6-7,9,11,16-17,21H,4-5,8,10,12-13,27H2,1H3,(H,32,33). The number of fused-ring (bicyclic) bond motifs is 1. The Morgan fingerprint density at radius 1 is 1.35 bits per heavy atom. The van der Waals surface area contributed by atoms with Crippen LogP contribution in [-0.4, -0.2) is 46.2 Å². The van der Waals surface area contributed by atoms with Crippen molar-refractivity contribution in [2.45, 2.75) is 38.4 Å². The molecule has 4 heterocycles. The molecule has 3 aromatic heterocycles. The molecule has 0 aromatic carbocycles. The molecule has 34 heavy (non-hydrogen) atoms. The summed E-state index contributed by atoms with van der Waals surface area (Å²) in [7, 11) is 0. The maximum Gasteiger partial charge on any atom is 0.341 e. The van der Waals surface area contributed by atoms with Crippen LogP contribution in [-0.2, 0) is 11.3 Å². The number of pyridine rings is 3. The first-order valence-corrected chi connectivity index (χ1v) is 11.5. The average molecular weight is 467 g/mol. The minimum atomic E-state index is -1.30. The van der Waals surface area contributed by atoms with Crippen molar-refractivity contribution in [3.8, 4) is 0 Å². The summed E-state index contributed by atoms with van der Waals surface area (Å²) < 4.78 is 22.8. The highest BCUT2D eigenvalue weighted by atomic mass is 19.1. The van der Waals surface area contributed by atoms with Crippen LogP contribution in [0.25, 0.3) is 5.52 Å². The summed E-state index contributed by atoms with van der Waals surface area (Å²) in [5.41, 5.74) is 8.34. The Hall–Kier alpha value is -3.30. The van der Waals surface area contributed by atoms with Gasteiger partial charge in [0.15, 0.2) is 5.82 Å². The van der Waals surface area contributed by atoms with E-state index in [0.29, 0.717) is 43.0 Å². The van der Waals surface area contributed by atoms with E-state index in [1.54, 1.807) is 19.3 Å². The maximum atomic E-state index is 15.5. The van der Waals surface area contributed by atoms with Gasteiger partial charge in [0, 0.05) is 31.4 Å². The second-order valence-electron chi connectivity index (χ2n) is 9.18. The summed E-state index contributed by atoms with van der Waals surface area (Å²) >= 11 is 0. The number of hydrogen-bond acceptors (Lipinski definition) is 6. The molecule has 1 saturated carbocycles. The molecule has 1 aliphatic carbocycles. The number of rotatable bonds is 7. The summed E-state index contributed by atoms with van der Waals surface area (Å²) in [6, 6.07) is 5.26. The molecule has 2 aliphatic rings. The van der Waals surface area contributed by atoms with Gasteiger partial charge in [-0.3, -0.25) is 14.2 Å². The molecule has 0 amide bonds. The van der Waals surface area contributed by atoms with Crippen LogP contribution in [0, 0.1) is 18.7 Å². The van der Waals surface area contributed by atoms with E-state index in [-0.39, 0.29) is 23.5 Å². The molecular weight excluding hydrogens is 439 g/mol. The van der Waals surface area contributed by atoms with E-state index in [1.165, 1.54) is 6.07 Å². The quantitative estimate of drug-likeness (QED) is 0.551. The molecule has 2 atom stereocenters. The predicted octanol–water partition coefficient (Wildman–Crippen LogP) is 2.70. The fourth-order valence-corrected chi connectivity index (χ4v) is 5.02. The lowest BCUT2D eigenvalue weighted by Crippen LogP contribution is -2.28. The lowest BCUT2D eigenvalue weighted by atomic mass is 10.0. The molecule has 1 aliphatic heterocycles. The Morgan fingerprint density at radius 3 is 2.79 bits per heavy atom. The third kappa shape index (κ3) is 3.95. The maximum absolute atomic E-state index is 15.5. The van der Waals surface area contributed by atoms with E-state index in [9.17, 15) is 14.7 Å². The number of hydrogen-bond donors (Lipinski definition) is 2. The largest absolute Gasteiger partial charge is 0.477 e. The van der Waals surface area contributed by atoms with Gasteiger partial charge in [0.25, 0.3) is 5.56 Å². The van der Waals surface area contributed by atoms with Crippen LogP contribution < -0.4 is 16.2 Å². The summed E-state index contributed by atoms with van der Waals surface area (Å²) in [6.07, 6.45) is 6.24. The number of carboxylic acids is 1. The number of aromatic nitrogens is 2. The normalized spacial score (nSPS) is 20.3. The summed E-state index contributed by atoms with van der Waals surface area (Å²) in [5, 5.41) is 9.49. The van der Waals surface area contributed by atoms with Gasteiger partial charge in [-0.1, -0.05) is 6.07 Å². The molecule has 2 fully saturated rings. The first kappa shape index (κ1) is 22.5. The van der Waals surface area contributed by atoms with E-state index < -0.39 is 17.3 Å². The number of ether oxygens (including phenoxy) is 1. The van der Waals surface area contributed by atoms with Crippen molar-refractivity contribution in [2.24, 2.45) is 11.7 Å². The van der Waals surface area contributed by atoms with Crippen molar-refractivity contribution in [3.05, 3.63) is 75.2 Å². The van der Waals surface area contributed by atoms with Crippen LogP contribution in [0.15, 0.2) is 41.6 Å². The van der Waals surface area contributed by atoms with E-state index in [2.05, 4.69) is 4.98 Å². The van der Waals surface area contributed by atoms with Crippen LogP contribution >= 0.6 is 0 Å². The fourth-order valence-electron chi connectivity index (χ4n) is 5.02. The van der Waals surface area contributed by atoms with Crippen molar-refractivity contribution >= 4 is 17.2 Å². The van der Waals surface area contributed by atoms with Crippen molar-refractivity contribution < 1.29 is 19.0 Å². The van der Waals surface area contributed by atoms with Gasteiger partial charge in [0.2, 0.25) is 0 Å². The molecule has 3 aromatic rings. The fraction of sp³-hybridized carbons (Fsp3) is 0.400. The highest BCUT2D eigenvalue weighted by Gasteiger charge is 2.36. The molecule has 2 unspecified atom stereocenters. The molecule has 0 spiro atoms. The number of carboxylic acid groups (broad SMARTS) is 1. The van der Waals surface area contributed by atoms with Gasteiger partial charge in [-0.25, -0.2) is 9.18 Å². The van der Waals surface area contributed by atoms with Crippen molar-refractivity contribution in [1.82, 2.24) is 9.38 Å². The second-order valence-corrected chi connectivity index (χ2v) is 9.18. The molecule has 0 radical (unpaired) electrons. The number of aryl methyl sites for hydroxylation is 1. The van der Waals surface area contributed by atoms with Gasteiger partial charge in [-0.15, -0.1) is 0 Å². The first-order valence-electron chi connectivity index (χ1n) is 11.5. The molecule has 0 bridgehead atoms. The van der Waals surface area contributed by atoms with Gasteiger partial charge in [-0.05, 0) is 61.1 Å². The lowest BCUT2D eigenvalue weighted by Gasteiger charge is -2.24.